The highest BCUT2D eigenvalue weighted by atomic mass is 127. The second-order valence-corrected chi connectivity index (χ2v) is 6.01. The first-order chi connectivity index (χ1) is 9.01. The summed E-state index contributed by atoms with van der Waals surface area (Å²) in [5.74, 6) is -1.08. The molecule has 1 aliphatic heterocycles. The Balaban J connectivity index is 2.35. The van der Waals surface area contributed by atoms with Crippen molar-refractivity contribution in [3.63, 3.8) is 0 Å². The zero-order valence-corrected chi connectivity index (χ0v) is 12.9. The topological polar surface area (TPSA) is 57.6 Å². The van der Waals surface area contributed by atoms with Gasteiger partial charge in [0.25, 0.3) is 5.91 Å². The van der Waals surface area contributed by atoms with Crippen LogP contribution < -0.4 is 0 Å². The van der Waals surface area contributed by atoms with Crippen LogP contribution >= 0.6 is 22.6 Å². The summed E-state index contributed by atoms with van der Waals surface area (Å²) in [6.07, 6.45) is 1.72. The highest BCUT2D eigenvalue weighted by molar-refractivity contribution is 14.1. The predicted octanol–water partition coefficient (Wildman–Crippen LogP) is 2.76. The Bertz CT molecular complexity index is 517. The van der Waals surface area contributed by atoms with Gasteiger partial charge in [-0.15, -0.1) is 0 Å². The molecule has 2 rings (SSSR count). The van der Waals surface area contributed by atoms with Gasteiger partial charge in [-0.05, 0) is 60.1 Å². The van der Waals surface area contributed by atoms with E-state index in [1.807, 2.05) is 19.1 Å². The molecule has 0 aromatic heterocycles. The van der Waals surface area contributed by atoms with E-state index in [4.69, 9.17) is 0 Å². The van der Waals surface area contributed by atoms with E-state index in [-0.39, 0.29) is 5.91 Å². The number of benzene rings is 1. The van der Waals surface area contributed by atoms with E-state index < -0.39 is 11.5 Å². The number of hydrogen-bond acceptors (Lipinski definition) is 2. The number of amides is 1. The number of hydrogen-bond donors (Lipinski definition) is 1. The summed E-state index contributed by atoms with van der Waals surface area (Å²) >= 11 is 2.15. The van der Waals surface area contributed by atoms with E-state index in [1.54, 1.807) is 12.1 Å². The quantitative estimate of drug-likeness (QED) is 0.830. The first kappa shape index (κ1) is 14.3. The van der Waals surface area contributed by atoms with Gasteiger partial charge in [-0.2, -0.15) is 0 Å². The lowest BCUT2D eigenvalue weighted by molar-refractivity contribution is -0.148. The molecule has 0 bridgehead atoms. The van der Waals surface area contributed by atoms with E-state index in [1.165, 1.54) is 4.90 Å². The van der Waals surface area contributed by atoms with Crippen molar-refractivity contribution in [2.24, 2.45) is 0 Å². The second kappa shape index (κ2) is 5.48. The Morgan fingerprint density at radius 2 is 2.21 bits per heavy atom. The molecule has 0 radical (unpaired) electrons. The number of likely N-dealkylation sites (tertiary alicyclic amines) is 1. The van der Waals surface area contributed by atoms with Gasteiger partial charge in [-0.3, -0.25) is 4.79 Å². The number of aliphatic carboxylic acids is 1. The molecule has 102 valence electrons. The van der Waals surface area contributed by atoms with Gasteiger partial charge < -0.3 is 10.0 Å². The molecule has 0 spiro atoms. The van der Waals surface area contributed by atoms with Crippen molar-refractivity contribution in [3.05, 3.63) is 33.4 Å². The third kappa shape index (κ3) is 2.48. The minimum Gasteiger partial charge on any atom is -0.479 e. The van der Waals surface area contributed by atoms with Crippen molar-refractivity contribution in [2.45, 2.75) is 31.7 Å². The molecule has 1 fully saturated rings. The van der Waals surface area contributed by atoms with Gasteiger partial charge in [0.15, 0.2) is 0 Å². The number of carbonyl (C=O) groups is 2. The van der Waals surface area contributed by atoms with Crippen LogP contribution in [0.15, 0.2) is 24.3 Å². The zero-order valence-electron chi connectivity index (χ0n) is 10.7. The van der Waals surface area contributed by atoms with Crippen LogP contribution in [0, 0.1) is 3.57 Å². The van der Waals surface area contributed by atoms with Crippen molar-refractivity contribution >= 4 is 34.5 Å². The summed E-state index contributed by atoms with van der Waals surface area (Å²) in [7, 11) is 0. The number of carboxylic acid groups (broad SMARTS) is 1. The molecule has 1 heterocycles. The standard InChI is InChI=1S/C14H16INO3/c1-2-14(13(18)19)7-4-8-16(14)12(17)10-5-3-6-11(15)9-10/h3,5-6,9H,2,4,7-8H2,1H3,(H,18,19). The molecule has 1 atom stereocenters. The van der Waals surface area contributed by atoms with E-state index >= 15 is 0 Å². The van der Waals surface area contributed by atoms with Crippen molar-refractivity contribution in [3.8, 4) is 0 Å². The van der Waals surface area contributed by atoms with Crippen molar-refractivity contribution < 1.29 is 14.7 Å². The first-order valence-electron chi connectivity index (χ1n) is 6.32. The maximum Gasteiger partial charge on any atom is 0.329 e. The molecular formula is C14H16INO3. The normalized spacial score (nSPS) is 22.5. The third-order valence-electron chi connectivity index (χ3n) is 3.79. The van der Waals surface area contributed by atoms with Crippen LogP contribution in [0.4, 0.5) is 0 Å². The number of rotatable bonds is 3. The van der Waals surface area contributed by atoms with Crippen molar-refractivity contribution in [1.29, 1.82) is 0 Å². The average Bonchev–Trinajstić information content (AvgIpc) is 2.82. The molecule has 4 nitrogen and oxygen atoms in total. The van der Waals surface area contributed by atoms with Crippen molar-refractivity contribution in [1.82, 2.24) is 4.90 Å². The van der Waals surface area contributed by atoms with Gasteiger partial charge in [0.1, 0.15) is 5.54 Å². The van der Waals surface area contributed by atoms with Gasteiger partial charge in [0, 0.05) is 15.7 Å². The summed E-state index contributed by atoms with van der Waals surface area (Å²) in [6, 6.07) is 7.26. The predicted molar refractivity (Wildman–Crippen MR) is 80.1 cm³/mol. The molecule has 1 aromatic rings. The second-order valence-electron chi connectivity index (χ2n) is 4.76. The Morgan fingerprint density at radius 1 is 1.47 bits per heavy atom. The van der Waals surface area contributed by atoms with Crippen LogP contribution in [0.5, 0.6) is 0 Å². The minimum absolute atomic E-state index is 0.180. The average molecular weight is 373 g/mol. The van der Waals surface area contributed by atoms with E-state index in [0.29, 0.717) is 24.9 Å². The molecule has 19 heavy (non-hydrogen) atoms. The fourth-order valence-corrected chi connectivity index (χ4v) is 3.24. The molecule has 1 N–H and O–H groups in total. The smallest absolute Gasteiger partial charge is 0.329 e. The Hall–Kier alpha value is -1.11. The molecular weight excluding hydrogens is 357 g/mol. The number of carbonyl (C=O) groups excluding carboxylic acids is 1. The molecule has 0 aliphatic carbocycles. The minimum atomic E-state index is -1.03. The van der Waals surface area contributed by atoms with E-state index in [0.717, 1.165) is 9.99 Å². The lowest BCUT2D eigenvalue weighted by Crippen LogP contribution is -2.52. The van der Waals surface area contributed by atoms with Gasteiger partial charge in [-0.1, -0.05) is 13.0 Å². The number of nitrogens with zero attached hydrogens (tertiary/aromatic N) is 1. The fourth-order valence-electron chi connectivity index (χ4n) is 2.69. The highest BCUT2D eigenvalue weighted by Crippen LogP contribution is 2.34. The maximum absolute atomic E-state index is 12.5. The lowest BCUT2D eigenvalue weighted by atomic mass is 9.92. The summed E-state index contributed by atoms with van der Waals surface area (Å²) < 4.78 is 0.972. The Labute approximate surface area is 125 Å². The lowest BCUT2D eigenvalue weighted by Gasteiger charge is -2.34. The van der Waals surface area contributed by atoms with Gasteiger partial charge in [0.05, 0.1) is 0 Å². The molecule has 5 heteroatoms. The van der Waals surface area contributed by atoms with Crippen LogP contribution in [-0.4, -0.2) is 34.0 Å². The van der Waals surface area contributed by atoms with Gasteiger partial charge in [0.2, 0.25) is 0 Å². The molecule has 1 aliphatic rings. The summed E-state index contributed by atoms with van der Waals surface area (Å²) in [5.41, 5.74) is -0.467. The van der Waals surface area contributed by atoms with Crippen LogP contribution in [0.25, 0.3) is 0 Å². The molecule has 0 saturated carbocycles. The van der Waals surface area contributed by atoms with Gasteiger partial charge >= 0.3 is 5.97 Å². The fraction of sp³-hybridized carbons (Fsp3) is 0.429. The van der Waals surface area contributed by atoms with E-state index in [2.05, 4.69) is 22.6 Å². The number of carboxylic acids is 1. The molecule has 1 aromatic carbocycles. The Morgan fingerprint density at radius 3 is 2.79 bits per heavy atom. The van der Waals surface area contributed by atoms with E-state index in [9.17, 15) is 14.7 Å². The third-order valence-corrected chi connectivity index (χ3v) is 4.46. The Kier molecular flexibility index (Phi) is 4.13. The summed E-state index contributed by atoms with van der Waals surface area (Å²) in [6.45, 7) is 2.35. The number of halogens is 1. The molecule has 1 saturated heterocycles. The largest absolute Gasteiger partial charge is 0.479 e. The van der Waals surface area contributed by atoms with Crippen molar-refractivity contribution in [2.75, 3.05) is 6.54 Å². The van der Waals surface area contributed by atoms with Crippen LogP contribution in [0.3, 0.4) is 0 Å². The molecule has 1 amide bonds. The summed E-state index contributed by atoms with van der Waals surface area (Å²) in [5, 5.41) is 9.49. The SMILES string of the molecule is CCC1(C(=O)O)CCCN1C(=O)c1cccc(I)c1. The monoisotopic (exact) mass is 373 g/mol. The molecule has 1 unspecified atom stereocenters. The van der Waals surface area contributed by atoms with Gasteiger partial charge in [-0.25, -0.2) is 4.79 Å². The van der Waals surface area contributed by atoms with Crippen LogP contribution in [0.2, 0.25) is 0 Å². The highest BCUT2D eigenvalue weighted by Gasteiger charge is 2.48. The zero-order chi connectivity index (χ0) is 14.0. The maximum atomic E-state index is 12.5. The van der Waals surface area contributed by atoms with Crippen LogP contribution in [-0.2, 0) is 4.79 Å². The van der Waals surface area contributed by atoms with Crippen LogP contribution in [0.1, 0.15) is 36.5 Å². The first-order valence-corrected chi connectivity index (χ1v) is 7.40. The summed E-state index contributed by atoms with van der Waals surface area (Å²) in [4.78, 5) is 25.6.